The number of hydrogen-bond acceptors (Lipinski definition) is 2. The van der Waals surface area contributed by atoms with E-state index in [0.29, 0.717) is 6.42 Å². The van der Waals surface area contributed by atoms with Crippen molar-refractivity contribution in [1.82, 2.24) is 0 Å². The number of rotatable bonds is 1. The maximum Gasteiger partial charge on any atom is 0.269 e. The molecule has 1 unspecified atom stereocenters. The SMILES string of the molecule is CCC1=NOC(F)C1. The molecular formula is C5H8FNO. The fourth-order valence-corrected chi connectivity index (χ4v) is 0.600. The summed E-state index contributed by atoms with van der Waals surface area (Å²) in [5.74, 6) is 0. The van der Waals surface area contributed by atoms with Crippen molar-refractivity contribution in [3.05, 3.63) is 0 Å². The molecule has 0 aliphatic carbocycles. The molecule has 8 heavy (non-hydrogen) atoms. The van der Waals surface area contributed by atoms with Crippen LogP contribution in [-0.4, -0.2) is 12.1 Å². The van der Waals surface area contributed by atoms with Gasteiger partial charge < -0.3 is 4.84 Å². The minimum Gasteiger partial charge on any atom is -0.358 e. The summed E-state index contributed by atoms with van der Waals surface area (Å²) in [6, 6.07) is 0. The lowest BCUT2D eigenvalue weighted by molar-refractivity contribution is -0.0117. The number of oxime groups is 1. The zero-order valence-corrected chi connectivity index (χ0v) is 4.72. The van der Waals surface area contributed by atoms with Crippen LogP contribution in [0.5, 0.6) is 0 Å². The second-order valence-electron chi connectivity index (χ2n) is 1.73. The highest BCUT2D eigenvalue weighted by Gasteiger charge is 2.16. The average Bonchev–Trinajstić information content (AvgIpc) is 2.14. The molecule has 0 N–H and O–H groups in total. The molecule has 0 aromatic carbocycles. The quantitative estimate of drug-likeness (QED) is 0.509. The molecule has 0 radical (unpaired) electrons. The molecule has 0 spiro atoms. The Balaban J connectivity index is 2.37. The number of hydrogen-bond donors (Lipinski definition) is 0. The Labute approximate surface area is 47.3 Å². The van der Waals surface area contributed by atoms with Gasteiger partial charge >= 0.3 is 0 Å². The maximum absolute atomic E-state index is 12.0. The van der Waals surface area contributed by atoms with Crippen LogP contribution in [0.3, 0.4) is 0 Å². The molecule has 0 aromatic rings. The summed E-state index contributed by atoms with van der Waals surface area (Å²) >= 11 is 0. The van der Waals surface area contributed by atoms with E-state index in [0.717, 1.165) is 12.1 Å². The lowest BCUT2D eigenvalue weighted by Gasteiger charge is -1.90. The summed E-state index contributed by atoms with van der Waals surface area (Å²) in [7, 11) is 0. The van der Waals surface area contributed by atoms with E-state index in [1.165, 1.54) is 0 Å². The Morgan fingerprint density at radius 2 is 2.75 bits per heavy atom. The molecule has 2 nitrogen and oxygen atoms in total. The fourth-order valence-electron chi connectivity index (χ4n) is 0.600. The number of alkyl halides is 1. The zero-order chi connectivity index (χ0) is 5.98. The Morgan fingerprint density at radius 3 is 3.00 bits per heavy atom. The highest BCUT2D eigenvalue weighted by atomic mass is 19.1. The maximum atomic E-state index is 12.0. The summed E-state index contributed by atoms with van der Waals surface area (Å²) in [4.78, 5) is 4.28. The van der Waals surface area contributed by atoms with Gasteiger partial charge in [0, 0.05) is 0 Å². The van der Waals surface area contributed by atoms with E-state index in [-0.39, 0.29) is 0 Å². The topological polar surface area (TPSA) is 21.6 Å². The van der Waals surface area contributed by atoms with Gasteiger partial charge in [0.25, 0.3) is 6.36 Å². The van der Waals surface area contributed by atoms with Gasteiger partial charge in [0.1, 0.15) is 0 Å². The van der Waals surface area contributed by atoms with E-state index in [4.69, 9.17) is 0 Å². The third-order valence-electron chi connectivity index (χ3n) is 1.10. The van der Waals surface area contributed by atoms with Crippen molar-refractivity contribution >= 4 is 5.71 Å². The highest BCUT2D eigenvalue weighted by molar-refractivity contribution is 5.84. The second kappa shape index (κ2) is 2.11. The first-order chi connectivity index (χ1) is 3.83. The highest BCUT2D eigenvalue weighted by Crippen LogP contribution is 2.12. The van der Waals surface area contributed by atoms with Crippen LogP contribution in [0.25, 0.3) is 0 Å². The first kappa shape index (κ1) is 5.54. The lowest BCUT2D eigenvalue weighted by atomic mass is 10.2. The van der Waals surface area contributed by atoms with Gasteiger partial charge in [-0.05, 0) is 6.42 Å². The molecule has 0 aromatic heterocycles. The van der Waals surface area contributed by atoms with Crippen molar-refractivity contribution in [3.8, 4) is 0 Å². The third kappa shape index (κ3) is 0.967. The normalized spacial score (nSPS) is 27.2. The Bertz CT molecular complexity index is 113. The summed E-state index contributed by atoms with van der Waals surface area (Å²) in [6.07, 6.45) is -0.0263. The van der Waals surface area contributed by atoms with Gasteiger partial charge in [0.05, 0.1) is 12.1 Å². The second-order valence-corrected chi connectivity index (χ2v) is 1.73. The molecule has 0 bridgehead atoms. The van der Waals surface area contributed by atoms with Gasteiger partial charge in [0.15, 0.2) is 0 Å². The van der Waals surface area contributed by atoms with E-state index in [1.54, 1.807) is 0 Å². The van der Waals surface area contributed by atoms with Crippen LogP contribution in [0.1, 0.15) is 19.8 Å². The molecule has 46 valence electrons. The van der Waals surface area contributed by atoms with Gasteiger partial charge in [-0.15, -0.1) is 0 Å². The van der Waals surface area contributed by atoms with Crippen molar-refractivity contribution in [3.63, 3.8) is 0 Å². The Kier molecular flexibility index (Phi) is 1.46. The van der Waals surface area contributed by atoms with Crippen LogP contribution in [0.15, 0.2) is 5.16 Å². The van der Waals surface area contributed by atoms with E-state index < -0.39 is 6.36 Å². The first-order valence-corrected chi connectivity index (χ1v) is 2.68. The lowest BCUT2D eigenvalue weighted by Crippen LogP contribution is -1.98. The van der Waals surface area contributed by atoms with Crippen LogP contribution in [0, 0.1) is 0 Å². The molecule has 0 saturated carbocycles. The molecule has 0 amide bonds. The third-order valence-corrected chi connectivity index (χ3v) is 1.10. The van der Waals surface area contributed by atoms with Gasteiger partial charge in [-0.2, -0.15) is 4.39 Å². The smallest absolute Gasteiger partial charge is 0.269 e. The van der Waals surface area contributed by atoms with Gasteiger partial charge in [-0.3, -0.25) is 0 Å². The summed E-state index contributed by atoms with van der Waals surface area (Å²) in [6.45, 7) is 1.93. The van der Waals surface area contributed by atoms with Crippen molar-refractivity contribution in [2.75, 3.05) is 0 Å². The fraction of sp³-hybridized carbons (Fsp3) is 0.800. The van der Waals surface area contributed by atoms with Crippen LogP contribution in [-0.2, 0) is 4.84 Å². The zero-order valence-electron chi connectivity index (χ0n) is 4.72. The number of nitrogens with zero attached hydrogens (tertiary/aromatic N) is 1. The molecule has 1 heterocycles. The molecule has 0 saturated heterocycles. The van der Waals surface area contributed by atoms with Crippen molar-refractivity contribution in [2.24, 2.45) is 5.16 Å². The number of halogens is 1. The van der Waals surface area contributed by atoms with Crippen LogP contribution in [0.2, 0.25) is 0 Å². The van der Waals surface area contributed by atoms with E-state index in [1.807, 2.05) is 6.92 Å². The van der Waals surface area contributed by atoms with Crippen LogP contribution in [0.4, 0.5) is 4.39 Å². The molecule has 1 rings (SSSR count). The molecule has 1 aliphatic rings. The Hall–Kier alpha value is -0.600. The average molecular weight is 117 g/mol. The largest absolute Gasteiger partial charge is 0.358 e. The summed E-state index contributed by atoms with van der Waals surface area (Å²) in [5.41, 5.74) is 0.817. The molecule has 0 fully saturated rings. The van der Waals surface area contributed by atoms with Crippen molar-refractivity contribution in [2.45, 2.75) is 26.1 Å². The van der Waals surface area contributed by atoms with Crippen LogP contribution < -0.4 is 0 Å². The molecule has 1 aliphatic heterocycles. The van der Waals surface area contributed by atoms with Crippen molar-refractivity contribution < 1.29 is 9.23 Å². The van der Waals surface area contributed by atoms with Gasteiger partial charge in [-0.25, -0.2) is 0 Å². The van der Waals surface area contributed by atoms with E-state index >= 15 is 0 Å². The van der Waals surface area contributed by atoms with Crippen molar-refractivity contribution in [1.29, 1.82) is 0 Å². The predicted octanol–water partition coefficient (Wildman–Crippen LogP) is 1.47. The molecule has 3 heteroatoms. The predicted molar refractivity (Wildman–Crippen MR) is 28.3 cm³/mol. The Morgan fingerprint density at radius 1 is 2.00 bits per heavy atom. The monoisotopic (exact) mass is 117 g/mol. The van der Waals surface area contributed by atoms with Gasteiger partial charge in [0.2, 0.25) is 0 Å². The molecular weight excluding hydrogens is 109 g/mol. The molecule has 1 atom stereocenters. The summed E-state index contributed by atoms with van der Waals surface area (Å²) in [5, 5.41) is 3.48. The standard InChI is InChI=1S/C5H8FNO/c1-2-4-3-5(6)8-7-4/h5H,2-3H2,1H3. The summed E-state index contributed by atoms with van der Waals surface area (Å²) < 4.78 is 12.0. The minimum atomic E-state index is -1.18. The van der Waals surface area contributed by atoms with Crippen LogP contribution >= 0.6 is 0 Å². The van der Waals surface area contributed by atoms with Gasteiger partial charge in [-0.1, -0.05) is 12.1 Å². The van der Waals surface area contributed by atoms with E-state index in [2.05, 4.69) is 9.99 Å². The minimum absolute atomic E-state index is 0.358. The first-order valence-electron chi connectivity index (χ1n) is 2.68. The van der Waals surface area contributed by atoms with E-state index in [9.17, 15) is 4.39 Å².